The summed E-state index contributed by atoms with van der Waals surface area (Å²) in [6, 6.07) is 16.6. The molecule has 3 rings (SSSR count). The van der Waals surface area contributed by atoms with Gasteiger partial charge in [0.05, 0.1) is 6.04 Å². The van der Waals surface area contributed by atoms with Crippen molar-refractivity contribution in [1.29, 1.82) is 0 Å². The summed E-state index contributed by atoms with van der Waals surface area (Å²) in [6.45, 7) is 2.85. The number of piperazine rings is 1. The molecule has 0 spiro atoms. The third kappa shape index (κ3) is 3.34. The molecule has 0 saturated carbocycles. The van der Waals surface area contributed by atoms with Crippen LogP contribution in [-0.2, 0) is 0 Å². The van der Waals surface area contributed by atoms with Crippen LogP contribution in [0.3, 0.4) is 0 Å². The molecule has 0 radical (unpaired) electrons. The second-order valence-electron chi connectivity index (χ2n) is 5.56. The van der Waals surface area contributed by atoms with E-state index in [0.29, 0.717) is 18.7 Å². The van der Waals surface area contributed by atoms with Gasteiger partial charge in [-0.05, 0) is 22.8 Å². The molecule has 116 valence electrons. The number of benzene rings is 2. The van der Waals surface area contributed by atoms with E-state index in [2.05, 4.69) is 5.32 Å². The fourth-order valence-corrected chi connectivity index (χ4v) is 3.01. The van der Waals surface area contributed by atoms with Gasteiger partial charge in [0.25, 0.3) is 6.43 Å². The Bertz CT molecular complexity index is 595. The number of nitrogens with zero attached hydrogens (tertiary/aromatic N) is 1. The van der Waals surface area contributed by atoms with Crippen molar-refractivity contribution in [3.8, 4) is 11.1 Å². The summed E-state index contributed by atoms with van der Waals surface area (Å²) in [5, 5.41) is 3.21. The lowest BCUT2D eigenvalue weighted by Crippen LogP contribution is -2.46. The zero-order valence-corrected chi connectivity index (χ0v) is 12.4. The van der Waals surface area contributed by atoms with Crippen LogP contribution in [0.4, 0.5) is 8.78 Å². The zero-order chi connectivity index (χ0) is 15.4. The van der Waals surface area contributed by atoms with E-state index in [1.54, 1.807) is 0 Å². The summed E-state index contributed by atoms with van der Waals surface area (Å²) < 4.78 is 27.3. The topological polar surface area (TPSA) is 15.3 Å². The fraction of sp³-hybridized carbons (Fsp3) is 0.333. The number of halogens is 2. The Morgan fingerprint density at radius 3 is 2.23 bits per heavy atom. The average Bonchev–Trinajstić information content (AvgIpc) is 2.57. The molecule has 0 aliphatic carbocycles. The number of hydrogen-bond acceptors (Lipinski definition) is 2. The minimum absolute atomic E-state index is 0.657. The minimum Gasteiger partial charge on any atom is -0.314 e. The van der Waals surface area contributed by atoms with E-state index in [0.717, 1.165) is 24.2 Å². The molecule has 1 aliphatic heterocycles. The first-order valence-electron chi connectivity index (χ1n) is 7.64. The largest absolute Gasteiger partial charge is 0.314 e. The summed E-state index contributed by atoms with van der Waals surface area (Å²) in [5.74, 6) is 0. The van der Waals surface area contributed by atoms with Gasteiger partial charge in [-0.15, -0.1) is 0 Å². The standard InChI is InChI=1S/C18H20F2N2/c19-18(20)17(22-11-9-21-10-12-22)16-8-4-7-15(13-16)14-5-2-1-3-6-14/h1-8,13,17-18,21H,9-12H2/t17-/m1/s1. The first kappa shape index (κ1) is 15.1. The highest BCUT2D eigenvalue weighted by Gasteiger charge is 2.30. The number of rotatable bonds is 4. The van der Waals surface area contributed by atoms with Crippen LogP contribution in [0.5, 0.6) is 0 Å². The van der Waals surface area contributed by atoms with Crippen LogP contribution < -0.4 is 5.32 Å². The molecular weight excluding hydrogens is 282 g/mol. The zero-order valence-electron chi connectivity index (χ0n) is 12.4. The molecule has 1 N–H and O–H groups in total. The predicted molar refractivity (Wildman–Crippen MR) is 85.1 cm³/mol. The average molecular weight is 302 g/mol. The Kier molecular flexibility index (Phi) is 4.80. The molecule has 2 nitrogen and oxygen atoms in total. The summed E-state index contributed by atoms with van der Waals surface area (Å²) in [5.41, 5.74) is 2.73. The van der Waals surface area contributed by atoms with Gasteiger partial charge >= 0.3 is 0 Å². The van der Waals surface area contributed by atoms with Crippen molar-refractivity contribution in [3.05, 3.63) is 60.2 Å². The number of nitrogens with one attached hydrogen (secondary N) is 1. The third-order valence-corrected chi connectivity index (χ3v) is 4.12. The van der Waals surface area contributed by atoms with Crippen LogP contribution in [0.1, 0.15) is 11.6 Å². The Morgan fingerprint density at radius 1 is 0.864 bits per heavy atom. The molecule has 1 heterocycles. The van der Waals surface area contributed by atoms with Crippen LogP contribution in [-0.4, -0.2) is 37.5 Å². The van der Waals surface area contributed by atoms with Crippen LogP contribution in [0.15, 0.2) is 54.6 Å². The molecule has 1 aliphatic rings. The molecule has 0 amide bonds. The molecule has 1 saturated heterocycles. The SMILES string of the molecule is FC(F)[C@@H](c1cccc(-c2ccccc2)c1)N1CCNCC1. The summed E-state index contributed by atoms with van der Waals surface area (Å²) >= 11 is 0. The molecule has 1 atom stereocenters. The highest BCUT2D eigenvalue weighted by atomic mass is 19.3. The van der Waals surface area contributed by atoms with Gasteiger partial charge in [-0.3, -0.25) is 4.90 Å². The normalized spacial score (nSPS) is 17.6. The third-order valence-electron chi connectivity index (χ3n) is 4.12. The van der Waals surface area contributed by atoms with E-state index in [4.69, 9.17) is 0 Å². The van der Waals surface area contributed by atoms with Crippen LogP contribution in [0, 0.1) is 0 Å². The Labute approximate surface area is 129 Å². The molecule has 0 aromatic heterocycles. The quantitative estimate of drug-likeness (QED) is 0.929. The van der Waals surface area contributed by atoms with Gasteiger partial charge in [-0.2, -0.15) is 0 Å². The monoisotopic (exact) mass is 302 g/mol. The van der Waals surface area contributed by atoms with Crippen molar-refractivity contribution in [2.75, 3.05) is 26.2 Å². The number of alkyl halides is 2. The smallest absolute Gasteiger partial charge is 0.258 e. The Morgan fingerprint density at radius 2 is 1.55 bits per heavy atom. The van der Waals surface area contributed by atoms with Gasteiger partial charge in [-0.25, -0.2) is 8.78 Å². The Balaban J connectivity index is 1.91. The molecule has 2 aromatic rings. The van der Waals surface area contributed by atoms with Crippen molar-refractivity contribution in [3.63, 3.8) is 0 Å². The van der Waals surface area contributed by atoms with Crippen molar-refractivity contribution < 1.29 is 8.78 Å². The van der Waals surface area contributed by atoms with Crippen molar-refractivity contribution in [2.24, 2.45) is 0 Å². The molecule has 2 aromatic carbocycles. The Hall–Kier alpha value is -1.78. The predicted octanol–water partition coefficient (Wildman–Crippen LogP) is 3.57. The lowest BCUT2D eigenvalue weighted by Gasteiger charge is -2.34. The van der Waals surface area contributed by atoms with Gasteiger partial charge in [-0.1, -0.05) is 48.5 Å². The van der Waals surface area contributed by atoms with Gasteiger partial charge in [0.1, 0.15) is 0 Å². The molecule has 4 heteroatoms. The van der Waals surface area contributed by atoms with Gasteiger partial charge in [0.15, 0.2) is 0 Å². The minimum atomic E-state index is -2.39. The van der Waals surface area contributed by atoms with Crippen molar-refractivity contribution >= 4 is 0 Å². The van der Waals surface area contributed by atoms with E-state index in [1.165, 1.54) is 0 Å². The van der Waals surface area contributed by atoms with E-state index >= 15 is 0 Å². The van der Waals surface area contributed by atoms with Crippen molar-refractivity contribution in [1.82, 2.24) is 10.2 Å². The lowest BCUT2D eigenvalue weighted by atomic mass is 9.98. The van der Waals surface area contributed by atoms with Crippen LogP contribution in [0.25, 0.3) is 11.1 Å². The first-order valence-corrected chi connectivity index (χ1v) is 7.64. The van der Waals surface area contributed by atoms with E-state index in [-0.39, 0.29) is 0 Å². The summed E-state index contributed by atoms with van der Waals surface area (Å²) in [7, 11) is 0. The maximum absolute atomic E-state index is 13.6. The molecule has 0 unspecified atom stereocenters. The second-order valence-corrected chi connectivity index (χ2v) is 5.56. The first-order chi connectivity index (χ1) is 10.8. The maximum atomic E-state index is 13.6. The van der Waals surface area contributed by atoms with Crippen LogP contribution >= 0.6 is 0 Å². The summed E-state index contributed by atoms with van der Waals surface area (Å²) in [6.07, 6.45) is -2.39. The molecule has 22 heavy (non-hydrogen) atoms. The summed E-state index contributed by atoms with van der Waals surface area (Å²) in [4.78, 5) is 1.88. The second kappa shape index (κ2) is 6.99. The van der Waals surface area contributed by atoms with Gasteiger partial charge in [0, 0.05) is 26.2 Å². The lowest BCUT2D eigenvalue weighted by molar-refractivity contribution is 0.0182. The highest BCUT2D eigenvalue weighted by molar-refractivity contribution is 5.64. The van der Waals surface area contributed by atoms with Gasteiger partial charge in [0.2, 0.25) is 0 Å². The molecule has 1 fully saturated rings. The van der Waals surface area contributed by atoms with Crippen LogP contribution in [0.2, 0.25) is 0 Å². The molecular formula is C18H20F2N2. The van der Waals surface area contributed by atoms with E-state index < -0.39 is 12.5 Å². The van der Waals surface area contributed by atoms with E-state index in [1.807, 2.05) is 59.5 Å². The maximum Gasteiger partial charge on any atom is 0.258 e. The van der Waals surface area contributed by atoms with Gasteiger partial charge < -0.3 is 5.32 Å². The number of hydrogen-bond donors (Lipinski definition) is 1. The molecule has 0 bridgehead atoms. The van der Waals surface area contributed by atoms with E-state index in [9.17, 15) is 8.78 Å². The van der Waals surface area contributed by atoms with Crippen molar-refractivity contribution in [2.45, 2.75) is 12.5 Å². The highest BCUT2D eigenvalue weighted by Crippen LogP contribution is 2.30. The fourth-order valence-electron chi connectivity index (χ4n) is 3.01.